The Morgan fingerprint density at radius 1 is 1.37 bits per heavy atom. The van der Waals surface area contributed by atoms with Crippen molar-refractivity contribution in [2.75, 3.05) is 19.7 Å². The van der Waals surface area contributed by atoms with Crippen LogP contribution in [-0.2, 0) is 6.61 Å². The molecule has 2 fully saturated rings. The molecule has 1 saturated carbocycles. The molecule has 1 aliphatic heterocycles. The van der Waals surface area contributed by atoms with Crippen molar-refractivity contribution in [1.82, 2.24) is 10.3 Å². The Morgan fingerprint density at radius 3 is 3.00 bits per heavy atom. The monoisotopic (exact) mass is 400 g/mol. The smallest absolute Gasteiger partial charge is 0.130 e. The van der Waals surface area contributed by atoms with E-state index >= 15 is 0 Å². The van der Waals surface area contributed by atoms with Gasteiger partial charge in [-0.15, -0.1) is 11.3 Å². The first-order chi connectivity index (χ1) is 13.1. The normalized spacial score (nSPS) is 23.6. The van der Waals surface area contributed by atoms with Crippen molar-refractivity contribution < 1.29 is 9.84 Å². The van der Waals surface area contributed by atoms with E-state index in [2.05, 4.69) is 10.3 Å². The van der Waals surface area contributed by atoms with Gasteiger partial charge in [0.2, 0.25) is 0 Å². The Kier molecular flexibility index (Phi) is 4.17. The van der Waals surface area contributed by atoms with Crippen molar-refractivity contribution in [2.45, 2.75) is 20.0 Å². The van der Waals surface area contributed by atoms with Crippen molar-refractivity contribution in [3.05, 3.63) is 45.9 Å². The van der Waals surface area contributed by atoms with Crippen LogP contribution < -0.4 is 10.1 Å². The minimum Gasteiger partial charge on any atom is -0.492 e. The molecule has 5 rings (SSSR count). The van der Waals surface area contributed by atoms with Crippen LogP contribution >= 0.6 is 22.9 Å². The summed E-state index contributed by atoms with van der Waals surface area (Å²) in [6, 6.07) is 7.89. The molecule has 1 aliphatic carbocycles. The van der Waals surface area contributed by atoms with Crippen LogP contribution in [0.1, 0.15) is 16.9 Å². The number of fused-ring (bicyclic) bond motifs is 2. The number of hydrogen-bond donors (Lipinski definition) is 2. The van der Waals surface area contributed by atoms with Gasteiger partial charge in [0, 0.05) is 39.2 Å². The fourth-order valence-electron chi connectivity index (χ4n) is 4.28. The zero-order valence-electron chi connectivity index (χ0n) is 15.1. The molecule has 2 unspecified atom stereocenters. The molecule has 0 amide bonds. The summed E-state index contributed by atoms with van der Waals surface area (Å²) in [5, 5.41) is 13.7. The van der Waals surface area contributed by atoms with Crippen LogP contribution in [0.5, 0.6) is 5.75 Å². The third-order valence-corrected chi connectivity index (χ3v) is 7.24. The number of ether oxygens (including phenoxy) is 1. The molecule has 3 heterocycles. The molecular formula is C21H21ClN2O2S. The Labute approximate surface area is 167 Å². The molecule has 3 aromatic rings. The molecule has 6 heteroatoms. The number of rotatable bonds is 5. The van der Waals surface area contributed by atoms with Gasteiger partial charge in [0.1, 0.15) is 5.75 Å². The molecule has 0 radical (unpaired) electrons. The number of aromatic nitrogens is 1. The summed E-state index contributed by atoms with van der Waals surface area (Å²) < 4.78 is 7.48. The van der Waals surface area contributed by atoms with E-state index in [1.54, 1.807) is 11.3 Å². The van der Waals surface area contributed by atoms with Crippen molar-refractivity contribution in [2.24, 2.45) is 11.3 Å². The number of pyridine rings is 1. The number of nitrogens with one attached hydrogen (secondary N) is 1. The highest BCUT2D eigenvalue weighted by atomic mass is 35.5. The number of aliphatic hydroxyl groups is 1. The van der Waals surface area contributed by atoms with Gasteiger partial charge in [-0.2, -0.15) is 0 Å². The van der Waals surface area contributed by atoms with Gasteiger partial charge in [0.15, 0.2) is 0 Å². The first kappa shape index (κ1) is 17.4. The van der Waals surface area contributed by atoms with E-state index < -0.39 is 0 Å². The lowest BCUT2D eigenvalue weighted by Crippen LogP contribution is -2.22. The van der Waals surface area contributed by atoms with Crippen molar-refractivity contribution >= 4 is 33.2 Å². The fourth-order valence-corrected chi connectivity index (χ4v) is 5.55. The fraction of sp³-hybridized carbons (Fsp3) is 0.381. The highest BCUT2D eigenvalue weighted by molar-refractivity contribution is 7.19. The maximum atomic E-state index is 9.51. The third-order valence-electron chi connectivity index (χ3n) is 5.88. The predicted octanol–water partition coefficient (Wildman–Crippen LogP) is 4.41. The summed E-state index contributed by atoms with van der Waals surface area (Å²) in [7, 11) is 0. The molecule has 2 aliphatic rings. The van der Waals surface area contributed by atoms with Gasteiger partial charge in [-0.25, -0.2) is 0 Å². The molecule has 0 bridgehead atoms. The topological polar surface area (TPSA) is 54.4 Å². The summed E-state index contributed by atoms with van der Waals surface area (Å²) in [5.41, 5.74) is 4.30. The standard InChI is InChI=1S/C21H21ClN2O2S/c1-12-4-14(22)5-17(19(12)26-11-21-7-13(21)8-23-10-21)16-2-3-24-18-6-15(9-25)27-20(16)18/h2-6,13,23,25H,7-11H2,1H3. The quantitative estimate of drug-likeness (QED) is 0.666. The second-order valence-electron chi connectivity index (χ2n) is 7.73. The average molecular weight is 401 g/mol. The number of nitrogens with zero attached hydrogens (tertiary/aromatic N) is 1. The Balaban J connectivity index is 1.58. The number of aliphatic hydroxyl groups excluding tert-OH is 1. The summed E-state index contributed by atoms with van der Waals surface area (Å²) in [5.74, 6) is 1.66. The Hall–Kier alpha value is -1.66. The molecule has 0 spiro atoms. The number of benzene rings is 1. The lowest BCUT2D eigenvalue weighted by Gasteiger charge is -2.19. The zero-order valence-corrected chi connectivity index (χ0v) is 16.7. The van der Waals surface area contributed by atoms with Gasteiger partial charge in [0.25, 0.3) is 0 Å². The molecule has 4 nitrogen and oxygen atoms in total. The molecule has 27 heavy (non-hydrogen) atoms. The Bertz CT molecular complexity index is 1030. The van der Waals surface area contributed by atoms with Crippen LogP contribution in [0.25, 0.3) is 21.3 Å². The largest absolute Gasteiger partial charge is 0.492 e. The van der Waals surface area contributed by atoms with E-state index in [9.17, 15) is 5.11 Å². The van der Waals surface area contributed by atoms with E-state index in [-0.39, 0.29) is 6.61 Å². The van der Waals surface area contributed by atoms with Crippen LogP contribution in [0.15, 0.2) is 30.5 Å². The highest BCUT2D eigenvalue weighted by Crippen LogP contribution is 2.55. The average Bonchev–Trinajstić information content (AvgIpc) is 3.01. The van der Waals surface area contributed by atoms with Gasteiger partial charge < -0.3 is 15.2 Å². The van der Waals surface area contributed by atoms with Crippen LogP contribution in [0.3, 0.4) is 0 Å². The van der Waals surface area contributed by atoms with Gasteiger partial charge in [-0.3, -0.25) is 4.98 Å². The van der Waals surface area contributed by atoms with E-state index in [1.165, 1.54) is 6.42 Å². The lowest BCUT2D eigenvalue weighted by atomic mass is 10.0. The number of halogens is 1. The number of aryl methyl sites for hydroxylation is 1. The van der Waals surface area contributed by atoms with E-state index in [0.29, 0.717) is 10.4 Å². The molecule has 1 aromatic carbocycles. The van der Waals surface area contributed by atoms with Gasteiger partial charge in [-0.05, 0) is 55.6 Å². The molecule has 2 N–H and O–H groups in total. The number of thiophene rings is 1. The molecular weight excluding hydrogens is 380 g/mol. The lowest BCUT2D eigenvalue weighted by molar-refractivity contribution is 0.236. The summed E-state index contributed by atoms with van der Waals surface area (Å²) in [4.78, 5) is 5.36. The number of piperidine rings is 1. The highest BCUT2D eigenvalue weighted by Gasteiger charge is 2.57. The SMILES string of the molecule is Cc1cc(Cl)cc(-c2ccnc3cc(CO)sc23)c1OCC12CNCC1C2. The second kappa shape index (κ2) is 6.45. The summed E-state index contributed by atoms with van der Waals surface area (Å²) in [6.07, 6.45) is 3.06. The number of hydrogen-bond acceptors (Lipinski definition) is 5. The zero-order chi connectivity index (χ0) is 18.6. The maximum absolute atomic E-state index is 9.51. The molecule has 2 atom stereocenters. The van der Waals surface area contributed by atoms with Crippen LogP contribution in [0.2, 0.25) is 5.02 Å². The first-order valence-electron chi connectivity index (χ1n) is 9.22. The molecule has 2 aromatic heterocycles. The summed E-state index contributed by atoms with van der Waals surface area (Å²) in [6.45, 7) is 4.96. The van der Waals surface area contributed by atoms with Crippen LogP contribution in [-0.4, -0.2) is 29.8 Å². The minimum atomic E-state index is 0.0231. The Morgan fingerprint density at radius 2 is 2.26 bits per heavy atom. The molecule has 140 valence electrons. The van der Waals surface area contributed by atoms with Gasteiger partial charge in [0.05, 0.1) is 23.4 Å². The van der Waals surface area contributed by atoms with E-state index in [1.807, 2.05) is 37.4 Å². The molecule has 1 saturated heterocycles. The second-order valence-corrected chi connectivity index (χ2v) is 9.30. The van der Waals surface area contributed by atoms with Gasteiger partial charge >= 0.3 is 0 Å². The first-order valence-corrected chi connectivity index (χ1v) is 10.4. The minimum absolute atomic E-state index is 0.0231. The van der Waals surface area contributed by atoms with Crippen molar-refractivity contribution in [3.63, 3.8) is 0 Å². The van der Waals surface area contributed by atoms with Crippen LogP contribution in [0, 0.1) is 18.3 Å². The predicted molar refractivity (Wildman–Crippen MR) is 110 cm³/mol. The third kappa shape index (κ3) is 2.93. The van der Waals surface area contributed by atoms with Crippen molar-refractivity contribution in [3.8, 4) is 16.9 Å². The van der Waals surface area contributed by atoms with E-state index in [0.717, 1.165) is 63.1 Å². The van der Waals surface area contributed by atoms with Gasteiger partial charge in [-0.1, -0.05) is 11.6 Å². The van der Waals surface area contributed by atoms with E-state index in [4.69, 9.17) is 16.3 Å². The summed E-state index contributed by atoms with van der Waals surface area (Å²) >= 11 is 7.97. The van der Waals surface area contributed by atoms with Crippen molar-refractivity contribution in [1.29, 1.82) is 0 Å². The maximum Gasteiger partial charge on any atom is 0.130 e. The van der Waals surface area contributed by atoms with Crippen LogP contribution in [0.4, 0.5) is 0 Å².